The number of rotatable bonds is 7. The van der Waals surface area contributed by atoms with Crippen molar-refractivity contribution < 1.29 is 23.0 Å². The summed E-state index contributed by atoms with van der Waals surface area (Å²) in [5.41, 5.74) is 0.321. The zero-order chi connectivity index (χ0) is 33.9. The predicted molar refractivity (Wildman–Crippen MR) is 183 cm³/mol. The van der Waals surface area contributed by atoms with Gasteiger partial charge in [-0.05, 0) is 56.5 Å². The zero-order valence-corrected chi connectivity index (χ0v) is 27.7. The maximum absolute atomic E-state index is 16.9. The molecule has 254 valence electrons. The SMILES string of the molecule is C#Cc1c(F)ccc2cccc(-c3ncc4c(N5CC6CCC(C5)N6)nc(OCC56CCCN5[C@@H](COC(=O)N(C)C)CC6)nc4c3F)c12. The zero-order valence-electron chi connectivity index (χ0n) is 27.7. The van der Waals surface area contributed by atoms with Gasteiger partial charge in [0, 0.05) is 62.5 Å². The minimum Gasteiger partial charge on any atom is -0.461 e. The summed E-state index contributed by atoms with van der Waals surface area (Å²) in [6.07, 6.45) is 12.8. The number of carbonyl (C=O) groups excluding carboxylic acids is 1. The van der Waals surface area contributed by atoms with Gasteiger partial charge in [-0.3, -0.25) is 9.88 Å². The van der Waals surface area contributed by atoms with Crippen LogP contribution in [0.1, 0.15) is 44.1 Å². The molecule has 1 amide bonds. The van der Waals surface area contributed by atoms with Gasteiger partial charge in [-0.15, -0.1) is 6.42 Å². The van der Waals surface area contributed by atoms with E-state index in [9.17, 15) is 9.18 Å². The van der Waals surface area contributed by atoms with Crippen LogP contribution in [0.3, 0.4) is 0 Å². The van der Waals surface area contributed by atoms with Crippen molar-refractivity contribution in [2.75, 3.05) is 51.8 Å². The van der Waals surface area contributed by atoms with Gasteiger partial charge in [-0.25, -0.2) is 13.6 Å². The number of aromatic nitrogens is 3. The molecule has 10 nitrogen and oxygen atoms in total. The van der Waals surface area contributed by atoms with Crippen LogP contribution in [0, 0.1) is 24.0 Å². The second-order valence-electron chi connectivity index (χ2n) is 14.0. The predicted octanol–water partition coefficient (Wildman–Crippen LogP) is 5.12. The number of hydrogen-bond donors (Lipinski definition) is 1. The van der Waals surface area contributed by atoms with Crippen LogP contribution in [0.5, 0.6) is 6.01 Å². The van der Waals surface area contributed by atoms with E-state index in [0.717, 1.165) is 58.2 Å². The molecule has 4 saturated heterocycles. The topological polar surface area (TPSA) is 95.9 Å². The molecular weight excluding hydrogens is 628 g/mol. The number of nitrogens with one attached hydrogen (secondary N) is 1. The van der Waals surface area contributed by atoms with Crippen molar-refractivity contribution >= 4 is 33.6 Å². The standard InChI is InChI=1S/C37H39F2N7O3/c1-4-26-29(38)12-9-22-7-5-8-27(30(22)26)32-31(39)33-28(17-40-32)34(45-18-23-10-11-24(19-45)41-23)43-35(42-33)49-21-37-14-6-16-46(37)25(13-15-37)20-48-36(47)44(2)3/h1,5,7-9,12,17,23-25,41H,6,10-11,13-16,18-21H2,2-3H3/t23?,24?,25-,37?/m1/s1. The van der Waals surface area contributed by atoms with Gasteiger partial charge in [0.15, 0.2) is 5.82 Å². The molecule has 0 aliphatic carbocycles. The van der Waals surface area contributed by atoms with Crippen molar-refractivity contribution in [2.24, 2.45) is 0 Å². The van der Waals surface area contributed by atoms with Gasteiger partial charge in [0.1, 0.15) is 36.1 Å². The quantitative estimate of drug-likeness (QED) is 0.270. The van der Waals surface area contributed by atoms with E-state index in [0.29, 0.717) is 52.8 Å². The number of fused-ring (bicyclic) bond motifs is 5. The van der Waals surface area contributed by atoms with E-state index in [1.54, 1.807) is 38.5 Å². The largest absolute Gasteiger partial charge is 0.461 e. The molecule has 12 heteroatoms. The van der Waals surface area contributed by atoms with Gasteiger partial charge in [0.25, 0.3) is 0 Å². The van der Waals surface area contributed by atoms with E-state index in [-0.39, 0.29) is 40.5 Å². The molecule has 0 saturated carbocycles. The number of pyridine rings is 1. The number of anilines is 1. The highest BCUT2D eigenvalue weighted by atomic mass is 19.1. The number of nitrogens with zero attached hydrogens (tertiary/aromatic N) is 6. The molecule has 4 aliphatic rings. The monoisotopic (exact) mass is 667 g/mol. The van der Waals surface area contributed by atoms with Gasteiger partial charge in [0.05, 0.1) is 16.5 Å². The molecule has 4 fully saturated rings. The lowest BCUT2D eigenvalue weighted by Crippen LogP contribution is -2.51. The van der Waals surface area contributed by atoms with Gasteiger partial charge in [-0.1, -0.05) is 30.2 Å². The van der Waals surface area contributed by atoms with Crippen LogP contribution in [0.15, 0.2) is 36.5 Å². The molecule has 1 N–H and O–H groups in total. The highest BCUT2D eigenvalue weighted by molar-refractivity contribution is 6.02. The highest BCUT2D eigenvalue weighted by Gasteiger charge is 2.50. The Morgan fingerprint density at radius 2 is 1.94 bits per heavy atom. The molecule has 2 bridgehead atoms. The molecule has 49 heavy (non-hydrogen) atoms. The Bertz CT molecular complexity index is 1990. The maximum Gasteiger partial charge on any atom is 0.409 e. The molecule has 8 rings (SSSR count). The number of benzene rings is 2. The van der Waals surface area contributed by atoms with Crippen LogP contribution in [-0.4, -0.2) is 101 Å². The van der Waals surface area contributed by atoms with E-state index < -0.39 is 11.6 Å². The van der Waals surface area contributed by atoms with Gasteiger partial charge in [0.2, 0.25) is 0 Å². The fourth-order valence-electron chi connectivity index (χ4n) is 8.46. The first-order valence-electron chi connectivity index (χ1n) is 17.0. The number of amides is 1. The molecule has 4 atom stereocenters. The van der Waals surface area contributed by atoms with Gasteiger partial charge >= 0.3 is 12.1 Å². The summed E-state index contributed by atoms with van der Waals surface area (Å²) in [5.74, 6) is 1.84. The maximum atomic E-state index is 16.9. The highest BCUT2D eigenvalue weighted by Crippen LogP contribution is 2.43. The van der Waals surface area contributed by atoms with Crippen LogP contribution in [0.25, 0.3) is 32.9 Å². The number of ether oxygens (including phenoxy) is 2. The molecule has 3 unspecified atom stereocenters. The molecule has 0 spiro atoms. The second-order valence-corrected chi connectivity index (χ2v) is 14.0. The Hall–Kier alpha value is -4.60. The van der Waals surface area contributed by atoms with E-state index in [1.165, 1.54) is 11.0 Å². The third-order valence-corrected chi connectivity index (χ3v) is 10.8. The Morgan fingerprint density at radius 1 is 1.12 bits per heavy atom. The lowest BCUT2D eigenvalue weighted by molar-refractivity contribution is 0.0484. The van der Waals surface area contributed by atoms with E-state index in [1.807, 2.05) is 6.07 Å². The van der Waals surface area contributed by atoms with Crippen molar-refractivity contribution in [3.05, 3.63) is 53.7 Å². The summed E-state index contributed by atoms with van der Waals surface area (Å²) >= 11 is 0. The first-order valence-corrected chi connectivity index (χ1v) is 17.0. The Balaban J connectivity index is 1.17. The molecule has 4 aromatic rings. The number of halogens is 2. The molecule has 2 aromatic carbocycles. The van der Waals surface area contributed by atoms with E-state index in [2.05, 4.69) is 31.0 Å². The minimum absolute atomic E-state index is 0.0302. The van der Waals surface area contributed by atoms with Gasteiger partial charge < -0.3 is 24.6 Å². The number of carbonyl (C=O) groups is 1. The molecule has 0 radical (unpaired) electrons. The summed E-state index contributed by atoms with van der Waals surface area (Å²) in [7, 11) is 3.35. The Morgan fingerprint density at radius 3 is 2.71 bits per heavy atom. The summed E-state index contributed by atoms with van der Waals surface area (Å²) in [4.78, 5) is 32.3. The smallest absolute Gasteiger partial charge is 0.409 e. The van der Waals surface area contributed by atoms with E-state index in [4.69, 9.17) is 20.9 Å². The number of piperazine rings is 1. The summed E-state index contributed by atoms with van der Waals surface area (Å²) in [6.45, 7) is 2.99. The fraction of sp³-hybridized carbons (Fsp3) is 0.459. The van der Waals surface area contributed by atoms with Crippen molar-refractivity contribution in [1.29, 1.82) is 0 Å². The average Bonchev–Trinajstić information content (AvgIpc) is 3.78. The number of hydrogen-bond acceptors (Lipinski definition) is 9. The van der Waals surface area contributed by atoms with Crippen LogP contribution < -0.4 is 15.0 Å². The van der Waals surface area contributed by atoms with E-state index >= 15 is 4.39 Å². The van der Waals surface area contributed by atoms with Crippen LogP contribution in [0.4, 0.5) is 19.4 Å². The summed E-state index contributed by atoms with van der Waals surface area (Å²) in [5, 5.41) is 5.25. The first-order chi connectivity index (χ1) is 23.7. The Labute approximate surface area is 283 Å². The van der Waals surface area contributed by atoms with Crippen molar-refractivity contribution in [1.82, 2.24) is 30.1 Å². The molecule has 6 heterocycles. The van der Waals surface area contributed by atoms with Gasteiger partial charge in [-0.2, -0.15) is 9.97 Å². The van der Waals surface area contributed by atoms with Crippen molar-refractivity contribution in [3.8, 4) is 29.6 Å². The average molecular weight is 668 g/mol. The molecular formula is C37H39F2N7O3. The second kappa shape index (κ2) is 12.4. The van der Waals surface area contributed by atoms with Crippen LogP contribution >= 0.6 is 0 Å². The summed E-state index contributed by atoms with van der Waals surface area (Å²) < 4.78 is 43.8. The lowest BCUT2D eigenvalue weighted by atomic mass is 9.95. The summed E-state index contributed by atoms with van der Waals surface area (Å²) in [6, 6.07) is 9.09. The third-order valence-electron chi connectivity index (χ3n) is 10.8. The van der Waals surface area contributed by atoms with Crippen LogP contribution in [0.2, 0.25) is 0 Å². The lowest BCUT2D eigenvalue weighted by Gasteiger charge is -2.35. The van der Waals surface area contributed by atoms with Crippen molar-refractivity contribution in [2.45, 2.75) is 62.2 Å². The Kier molecular flexibility index (Phi) is 8.00. The minimum atomic E-state index is -0.645. The number of terminal acetylenes is 1. The molecule has 2 aromatic heterocycles. The first kappa shape index (κ1) is 31.7. The normalized spacial score (nSPS) is 24.7. The fourth-order valence-corrected chi connectivity index (χ4v) is 8.46. The molecule has 4 aliphatic heterocycles. The third kappa shape index (κ3) is 5.49. The van der Waals surface area contributed by atoms with Crippen LogP contribution in [-0.2, 0) is 4.74 Å². The van der Waals surface area contributed by atoms with Crippen molar-refractivity contribution in [3.63, 3.8) is 0 Å².